The molecule has 0 unspecified atom stereocenters. The predicted octanol–water partition coefficient (Wildman–Crippen LogP) is 2.13. The third kappa shape index (κ3) is 1.29. The predicted molar refractivity (Wildman–Crippen MR) is 49.2 cm³/mol. The molecule has 0 fully saturated rings. The number of nitrogens with zero attached hydrogens (tertiary/aromatic N) is 1. The van der Waals surface area contributed by atoms with Gasteiger partial charge < -0.3 is 0 Å². The van der Waals surface area contributed by atoms with Gasteiger partial charge in [0.2, 0.25) is 0 Å². The molecule has 0 spiro atoms. The van der Waals surface area contributed by atoms with Gasteiger partial charge in [0, 0.05) is 12.3 Å². The van der Waals surface area contributed by atoms with Gasteiger partial charge in [0.15, 0.2) is 0 Å². The molecule has 0 saturated heterocycles. The Morgan fingerprint density at radius 1 is 1.25 bits per heavy atom. The van der Waals surface area contributed by atoms with Crippen LogP contribution in [0.5, 0.6) is 0 Å². The van der Waals surface area contributed by atoms with Crippen molar-refractivity contribution in [3.05, 3.63) is 35.1 Å². The number of hydrogen-bond donors (Lipinski definition) is 2. The highest BCUT2D eigenvalue weighted by molar-refractivity contribution is 7.71. The minimum absolute atomic E-state index is 0.690. The van der Waals surface area contributed by atoms with Crippen LogP contribution >= 0.6 is 12.2 Å². The van der Waals surface area contributed by atoms with E-state index in [2.05, 4.69) is 15.2 Å². The van der Waals surface area contributed by atoms with Crippen LogP contribution in [-0.4, -0.2) is 15.2 Å². The second-order valence-electron chi connectivity index (χ2n) is 2.39. The van der Waals surface area contributed by atoms with E-state index >= 15 is 0 Å². The highest BCUT2D eigenvalue weighted by Gasteiger charge is 1.97. The quantitative estimate of drug-likeness (QED) is 0.655. The van der Waals surface area contributed by atoms with E-state index in [0.717, 1.165) is 11.4 Å². The van der Waals surface area contributed by atoms with Gasteiger partial charge in [0.05, 0.1) is 11.4 Å². The fraction of sp³-hybridized carbons (Fsp3) is 0. The van der Waals surface area contributed by atoms with Crippen LogP contribution < -0.4 is 0 Å². The summed E-state index contributed by atoms with van der Waals surface area (Å²) < 4.78 is 0.690. The molecule has 0 amide bonds. The summed E-state index contributed by atoms with van der Waals surface area (Å²) in [5.41, 5.74) is 1.81. The van der Waals surface area contributed by atoms with E-state index in [1.165, 1.54) is 0 Å². The highest BCUT2D eigenvalue weighted by Crippen LogP contribution is 2.11. The Hall–Kier alpha value is -1.42. The van der Waals surface area contributed by atoms with Crippen LogP contribution in [0.4, 0.5) is 0 Å². The van der Waals surface area contributed by atoms with Gasteiger partial charge in [0.1, 0.15) is 4.64 Å². The van der Waals surface area contributed by atoms with Crippen molar-refractivity contribution in [1.82, 2.24) is 15.2 Å². The van der Waals surface area contributed by atoms with Crippen LogP contribution in [0, 0.1) is 4.64 Å². The second kappa shape index (κ2) is 2.91. The van der Waals surface area contributed by atoms with Gasteiger partial charge in [-0.3, -0.25) is 15.2 Å². The first-order valence-corrected chi connectivity index (χ1v) is 3.96. The maximum atomic E-state index is 4.92. The highest BCUT2D eigenvalue weighted by atomic mass is 32.1. The maximum Gasteiger partial charge on any atom is 0.119 e. The van der Waals surface area contributed by atoms with Crippen molar-refractivity contribution in [2.75, 3.05) is 0 Å². The molecule has 0 saturated carbocycles. The normalized spacial score (nSPS) is 10.0. The first-order chi connectivity index (χ1) is 5.86. The van der Waals surface area contributed by atoms with E-state index in [1.54, 1.807) is 6.20 Å². The molecule has 2 N–H and O–H groups in total. The van der Waals surface area contributed by atoms with E-state index in [9.17, 15) is 0 Å². The van der Waals surface area contributed by atoms with Crippen LogP contribution in [-0.2, 0) is 0 Å². The van der Waals surface area contributed by atoms with E-state index in [0.29, 0.717) is 4.64 Å². The lowest BCUT2D eigenvalue weighted by Crippen LogP contribution is -1.80. The molecule has 0 aliphatic rings. The zero-order valence-electron chi connectivity index (χ0n) is 6.24. The molecular formula is C8H7N3S. The van der Waals surface area contributed by atoms with Gasteiger partial charge in [-0.15, -0.1) is 0 Å². The molecule has 2 rings (SSSR count). The minimum atomic E-state index is 0.690. The number of H-pyrrole nitrogens is 2. The third-order valence-electron chi connectivity index (χ3n) is 1.54. The van der Waals surface area contributed by atoms with Crippen molar-refractivity contribution in [2.24, 2.45) is 0 Å². The van der Waals surface area contributed by atoms with Crippen LogP contribution in [0.15, 0.2) is 30.5 Å². The van der Waals surface area contributed by atoms with Gasteiger partial charge in [0.25, 0.3) is 0 Å². The lowest BCUT2D eigenvalue weighted by molar-refractivity contribution is 1.08. The monoisotopic (exact) mass is 177 g/mol. The molecule has 4 heteroatoms. The Balaban J connectivity index is 2.51. The molecule has 2 heterocycles. The lowest BCUT2D eigenvalue weighted by atomic mass is 10.3. The van der Waals surface area contributed by atoms with Crippen molar-refractivity contribution >= 4 is 12.2 Å². The summed E-state index contributed by atoms with van der Waals surface area (Å²) in [4.78, 5) is 4.16. The lowest BCUT2D eigenvalue weighted by Gasteiger charge is -1.92. The molecule has 2 aromatic heterocycles. The topological polar surface area (TPSA) is 44.5 Å². The van der Waals surface area contributed by atoms with Gasteiger partial charge in [-0.1, -0.05) is 18.3 Å². The Morgan fingerprint density at radius 2 is 2.17 bits per heavy atom. The summed E-state index contributed by atoms with van der Waals surface area (Å²) in [5, 5.41) is 5.75. The van der Waals surface area contributed by atoms with Crippen LogP contribution in [0.3, 0.4) is 0 Å². The van der Waals surface area contributed by atoms with Crippen LogP contribution in [0.25, 0.3) is 11.4 Å². The molecule has 0 radical (unpaired) electrons. The zero-order chi connectivity index (χ0) is 8.39. The molecule has 3 nitrogen and oxygen atoms in total. The van der Waals surface area contributed by atoms with Crippen molar-refractivity contribution < 1.29 is 0 Å². The molecule has 60 valence electrons. The average molecular weight is 177 g/mol. The molecule has 12 heavy (non-hydrogen) atoms. The third-order valence-corrected chi connectivity index (χ3v) is 1.76. The Kier molecular flexibility index (Phi) is 1.75. The Labute approximate surface area is 74.5 Å². The Morgan fingerprint density at radius 3 is 2.75 bits per heavy atom. The standard InChI is InChI=1S/C8H7N3S/c12-8-5-7(10-11-8)6-3-1-2-4-9-6/h1-5H,(H2,10,11,12). The summed E-state index contributed by atoms with van der Waals surface area (Å²) in [7, 11) is 0. The summed E-state index contributed by atoms with van der Waals surface area (Å²) in [6.07, 6.45) is 1.75. The van der Waals surface area contributed by atoms with Crippen molar-refractivity contribution in [1.29, 1.82) is 0 Å². The second-order valence-corrected chi connectivity index (χ2v) is 2.83. The molecule has 2 aromatic rings. The first-order valence-electron chi connectivity index (χ1n) is 3.55. The van der Waals surface area contributed by atoms with E-state index in [-0.39, 0.29) is 0 Å². The summed E-state index contributed by atoms with van der Waals surface area (Å²) in [6, 6.07) is 7.59. The molecule has 0 atom stereocenters. The number of pyridine rings is 1. The van der Waals surface area contributed by atoms with E-state index in [4.69, 9.17) is 12.2 Å². The minimum Gasteiger partial charge on any atom is -0.298 e. The molecular weight excluding hydrogens is 170 g/mol. The van der Waals surface area contributed by atoms with Crippen LogP contribution in [0.1, 0.15) is 0 Å². The molecule has 0 bridgehead atoms. The molecule has 0 aromatic carbocycles. The van der Waals surface area contributed by atoms with Crippen LogP contribution in [0.2, 0.25) is 0 Å². The van der Waals surface area contributed by atoms with E-state index < -0.39 is 0 Å². The zero-order valence-corrected chi connectivity index (χ0v) is 7.06. The van der Waals surface area contributed by atoms with Crippen molar-refractivity contribution in [3.63, 3.8) is 0 Å². The van der Waals surface area contributed by atoms with Crippen molar-refractivity contribution in [3.8, 4) is 11.4 Å². The number of hydrogen-bond acceptors (Lipinski definition) is 2. The first kappa shape index (κ1) is 7.24. The summed E-state index contributed by atoms with van der Waals surface area (Å²) in [5.74, 6) is 0. The van der Waals surface area contributed by atoms with Gasteiger partial charge in [-0.2, -0.15) is 0 Å². The molecule has 0 aliphatic heterocycles. The number of nitrogens with one attached hydrogen (secondary N) is 2. The fourth-order valence-corrected chi connectivity index (χ4v) is 1.16. The SMILES string of the molecule is S=c1cc(-c2ccccn2)[nH][nH]1. The maximum absolute atomic E-state index is 4.92. The van der Waals surface area contributed by atoms with Gasteiger partial charge in [-0.05, 0) is 12.1 Å². The average Bonchev–Trinajstić information content (AvgIpc) is 2.54. The number of aromatic amines is 2. The number of rotatable bonds is 1. The largest absolute Gasteiger partial charge is 0.298 e. The Bertz CT molecular complexity index is 415. The van der Waals surface area contributed by atoms with E-state index in [1.807, 2.05) is 24.3 Å². The summed E-state index contributed by atoms with van der Waals surface area (Å²) >= 11 is 4.92. The summed E-state index contributed by atoms with van der Waals surface area (Å²) in [6.45, 7) is 0. The van der Waals surface area contributed by atoms with Crippen molar-refractivity contribution in [2.45, 2.75) is 0 Å². The number of aromatic nitrogens is 3. The fourth-order valence-electron chi connectivity index (χ4n) is 0.992. The van der Waals surface area contributed by atoms with Gasteiger partial charge in [-0.25, -0.2) is 0 Å². The van der Waals surface area contributed by atoms with Gasteiger partial charge >= 0.3 is 0 Å². The molecule has 0 aliphatic carbocycles. The smallest absolute Gasteiger partial charge is 0.119 e.